The van der Waals surface area contributed by atoms with E-state index in [0.29, 0.717) is 0 Å². The number of piperazine rings is 1. The molecule has 3 heteroatoms. The average molecular weight is 300 g/mol. The van der Waals surface area contributed by atoms with Crippen molar-refractivity contribution in [3.05, 3.63) is 41.0 Å². The van der Waals surface area contributed by atoms with E-state index < -0.39 is 0 Å². The van der Waals surface area contributed by atoms with Crippen molar-refractivity contribution in [3.63, 3.8) is 0 Å². The minimum atomic E-state index is 0.135. The first kappa shape index (κ1) is 16.9. The maximum absolute atomic E-state index is 11.6. The summed E-state index contributed by atoms with van der Waals surface area (Å²) in [5.41, 5.74) is 3.32. The van der Waals surface area contributed by atoms with Gasteiger partial charge in [-0.1, -0.05) is 37.6 Å². The van der Waals surface area contributed by atoms with E-state index in [1.807, 2.05) is 12.1 Å². The summed E-state index contributed by atoms with van der Waals surface area (Å²) in [7, 11) is 2.18. The van der Waals surface area contributed by atoms with Gasteiger partial charge in [-0.05, 0) is 37.6 Å². The molecule has 0 spiro atoms. The highest BCUT2D eigenvalue weighted by Crippen LogP contribution is 2.18. The van der Waals surface area contributed by atoms with Crippen LogP contribution in [0.2, 0.25) is 0 Å². The highest BCUT2D eigenvalue weighted by Gasteiger charge is 2.15. The Morgan fingerprint density at radius 3 is 2.59 bits per heavy atom. The van der Waals surface area contributed by atoms with Crippen molar-refractivity contribution >= 4 is 11.9 Å². The summed E-state index contributed by atoms with van der Waals surface area (Å²) >= 11 is 0. The fourth-order valence-corrected chi connectivity index (χ4v) is 2.74. The summed E-state index contributed by atoms with van der Waals surface area (Å²) in [6, 6.07) is 6.13. The molecule has 0 atom stereocenters. The van der Waals surface area contributed by atoms with Gasteiger partial charge in [0.15, 0.2) is 5.78 Å². The quantitative estimate of drug-likeness (QED) is 0.752. The Hall–Kier alpha value is -1.45. The lowest BCUT2D eigenvalue weighted by atomic mass is 10.0. The Kier molecular flexibility index (Phi) is 6.34. The molecule has 1 aliphatic rings. The smallest absolute Gasteiger partial charge is 0.159 e. The van der Waals surface area contributed by atoms with E-state index in [0.717, 1.165) is 51.1 Å². The van der Waals surface area contributed by atoms with Crippen LogP contribution in [0.5, 0.6) is 0 Å². The molecule has 1 heterocycles. The topological polar surface area (TPSA) is 23.6 Å². The second-order valence-corrected chi connectivity index (χ2v) is 6.24. The number of hydrogen-bond acceptors (Lipinski definition) is 3. The van der Waals surface area contributed by atoms with Gasteiger partial charge in [0, 0.05) is 38.3 Å². The molecule has 1 aromatic rings. The molecule has 3 nitrogen and oxygen atoms in total. The number of nitrogens with zero attached hydrogens (tertiary/aromatic N) is 2. The molecular weight excluding hydrogens is 272 g/mol. The third-order valence-electron chi connectivity index (χ3n) is 4.29. The number of allylic oxidation sites excluding steroid dienone is 1. The monoisotopic (exact) mass is 300 g/mol. The number of carbonyl (C=O) groups excluding carboxylic acids is 1. The molecule has 0 saturated carbocycles. The molecule has 0 N–H and O–H groups in total. The van der Waals surface area contributed by atoms with Crippen LogP contribution in [0.3, 0.4) is 0 Å². The molecule has 1 fully saturated rings. The molecule has 22 heavy (non-hydrogen) atoms. The van der Waals surface area contributed by atoms with Crippen LogP contribution < -0.4 is 0 Å². The SMILES string of the molecule is CCC/C=C/c1cc(C(C)=O)ccc1CN1CCN(C)CC1. The van der Waals surface area contributed by atoms with Gasteiger partial charge in [-0.15, -0.1) is 0 Å². The van der Waals surface area contributed by atoms with Crippen LogP contribution in [0.1, 0.15) is 48.2 Å². The Morgan fingerprint density at radius 1 is 1.23 bits per heavy atom. The van der Waals surface area contributed by atoms with Crippen molar-refractivity contribution in [3.8, 4) is 0 Å². The van der Waals surface area contributed by atoms with Crippen molar-refractivity contribution in [1.82, 2.24) is 9.80 Å². The molecule has 0 aromatic heterocycles. The van der Waals surface area contributed by atoms with Gasteiger partial charge in [0.1, 0.15) is 0 Å². The number of ketones is 1. The molecule has 1 saturated heterocycles. The van der Waals surface area contributed by atoms with Crippen LogP contribution in [-0.4, -0.2) is 48.8 Å². The Labute approximate surface area is 134 Å². The minimum absolute atomic E-state index is 0.135. The standard InChI is InChI=1S/C19H28N2O/c1-4-5-6-7-18-14-17(16(2)22)8-9-19(18)15-21-12-10-20(3)11-13-21/h6-9,14H,4-5,10-13,15H2,1-3H3/b7-6+. The van der Waals surface area contributed by atoms with E-state index in [2.05, 4.69) is 42.0 Å². The van der Waals surface area contributed by atoms with Gasteiger partial charge in [0.25, 0.3) is 0 Å². The molecule has 1 aromatic carbocycles. The predicted octanol–water partition coefficient (Wildman–Crippen LogP) is 3.45. The Morgan fingerprint density at radius 2 is 1.95 bits per heavy atom. The molecule has 120 valence electrons. The highest BCUT2D eigenvalue weighted by molar-refractivity contribution is 5.94. The first-order valence-corrected chi connectivity index (χ1v) is 8.31. The predicted molar refractivity (Wildman–Crippen MR) is 93.2 cm³/mol. The maximum Gasteiger partial charge on any atom is 0.159 e. The van der Waals surface area contributed by atoms with E-state index in [1.165, 1.54) is 11.1 Å². The van der Waals surface area contributed by atoms with E-state index in [4.69, 9.17) is 0 Å². The minimum Gasteiger partial charge on any atom is -0.304 e. The van der Waals surface area contributed by atoms with E-state index in [9.17, 15) is 4.79 Å². The lowest BCUT2D eigenvalue weighted by molar-refractivity contribution is 0.101. The van der Waals surface area contributed by atoms with Crippen molar-refractivity contribution in [2.24, 2.45) is 0 Å². The van der Waals surface area contributed by atoms with Crippen molar-refractivity contribution < 1.29 is 4.79 Å². The lowest BCUT2D eigenvalue weighted by Crippen LogP contribution is -2.43. The van der Waals surface area contributed by atoms with Gasteiger partial charge < -0.3 is 4.90 Å². The third kappa shape index (κ3) is 4.79. The molecular formula is C19H28N2O. The van der Waals surface area contributed by atoms with Crippen LogP contribution in [0.15, 0.2) is 24.3 Å². The number of benzene rings is 1. The van der Waals surface area contributed by atoms with E-state index >= 15 is 0 Å². The van der Waals surface area contributed by atoms with Crippen molar-refractivity contribution in [1.29, 1.82) is 0 Å². The summed E-state index contributed by atoms with van der Waals surface area (Å²) in [6.07, 6.45) is 6.63. The molecule has 2 rings (SSSR count). The highest BCUT2D eigenvalue weighted by atomic mass is 16.1. The second-order valence-electron chi connectivity index (χ2n) is 6.24. The van der Waals surface area contributed by atoms with Crippen LogP contribution >= 0.6 is 0 Å². The molecule has 0 radical (unpaired) electrons. The first-order chi connectivity index (χ1) is 10.6. The van der Waals surface area contributed by atoms with Crippen LogP contribution in [0, 0.1) is 0 Å². The Bertz CT molecular complexity index is 528. The van der Waals surface area contributed by atoms with Gasteiger partial charge in [-0.3, -0.25) is 9.69 Å². The number of rotatable bonds is 6. The zero-order valence-corrected chi connectivity index (χ0v) is 14.1. The zero-order valence-electron chi connectivity index (χ0n) is 14.1. The van der Waals surface area contributed by atoms with Crippen LogP contribution in [0.25, 0.3) is 6.08 Å². The number of hydrogen-bond donors (Lipinski definition) is 0. The van der Waals surface area contributed by atoms with Gasteiger partial charge >= 0.3 is 0 Å². The third-order valence-corrected chi connectivity index (χ3v) is 4.29. The molecule has 0 aliphatic carbocycles. The summed E-state index contributed by atoms with van der Waals surface area (Å²) < 4.78 is 0. The van der Waals surface area contributed by atoms with Crippen LogP contribution in [-0.2, 0) is 6.54 Å². The fourth-order valence-electron chi connectivity index (χ4n) is 2.74. The normalized spacial score (nSPS) is 17.2. The first-order valence-electron chi connectivity index (χ1n) is 8.31. The van der Waals surface area contributed by atoms with Crippen LogP contribution in [0.4, 0.5) is 0 Å². The number of carbonyl (C=O) groups is 1. The largest absolute Gasteiger partial charge is 0.304 e. The van der Waals surface area contributed by atoms with Gasteiger partial charge in [-0.25, -0.2) is 0 Å². The molecule has 0 bridgehead atoms. The van der Waals surface area contributed by atoms with Gasteiger partial charge in [0.05, 0.1) is 0 Å². The Balaban J connectivity index is 2.15. The molecule has 1 aliphatic heterocycles. The number of unbranched alkanes of at least 4 members (excludes halogenated alkanes) is 1. The van der Waals surface area contributed by atoms with Crippen molar-refractivity contribution in [2.45, 2.75) is 33.2 Å². The molecule has 0 unspecified atom stereocenters. The second kappa shape index (κ2) is 8.25. The van der Waals surface area contributed by atoms with Gasteiger partial charge in [-0.2, -0.15) is 0 Å². The molecule has 0 amide bonds. The average Bonchev–Trinajstić information content (AvgIpc) is 2.51. The lowest BCUT2D eigenvalue weighted by Gasteiger charge is -2.32. The van der Waals surface area contributed by atoms with Gasteiger partial charge in [0.2, 0.25) is 0 Å². The summed E-state index contributed by atoms with van der Waals surface area (Å²) in [6.45, 7) is 9.28. The summed E-state index contributed by atoms with van der Waals surface area (Å²) in [4.78, 5) is 16.5. The number of likely N-dealkylation sites (N-methyl/N-ethyl adjacent to an activating group) is 1. The zero-order chi connectivity index (χ0) is 15.9. The maximum atomic E-state index is 11.6. The summed E-state index contributed by atoms with van der Waals surface area (Å²) in [5.74, 6) is 0.135. The fraction of sp³-hybridized carbons (Fsp3) is 0.526. The van der Waals surface area contributed by atoms with Crippen molar-refractivity contribution in [2.75, 3.05) is 33.2 Å². The van der Waals surface area contributed by atoms with E-state index in [-0.39, 0.29) is 5.78 Å². The summed E-state index contributed by atoms with van der Waals surface area (Å²) in [5, 5.41) is 0. The van der Waals surface area contributed by atoms with E-state index in [1.54, 1.807) is 6.92 Å². The number of Topliss-reactive ketones (excluding diaryl/α,β-unsaturated/α-hetero) is 1.